The van der Waals surface area contributed by atoms with Crippen molar-refractivity contribution in [3.05, 3.63) is 39.5 Å². The second kappa shape index (κ2) is 16.7. The van der Waals surface area contributed by atoms with Crippen molar-refractivity contribution in [1.29, 1.82) is 0 Å². The van der Waals surface area contributed by atoms with Crippen LogP contribution in [0.1, 0.15) is 79.6 Å². The molecule has 0 amide bonds. The standard InChI is InChI=1S/C20H23ClO7S.C12H14F5N3O4S/c1-29(25,26)17-8-7-13(20(24)18-15(22)5-2-6-16(18)23)19(21)14(17)11-27-10-12-4-3-9-28-12;1-11(2)4-7(19-24-11)25(21,22)5-6-8(12(15,16)17)18-20(3)9(6)23-10(13)14/h7-8,12,18H,2-6,9-11H2,1H3;10H,4-5H2,1-3H3. The Bertz CT molecular complexity index is 2010. The lowest BCUT2D eigenvalue weighted by molar-refractivity contribution is -0.142. The van der Waals surface area contributed by atoms with Crippen LogP contribution in [0.25, 0.3) is 0 Å². The Hall–Kier alpha value is -3.53. The highest BCUT2D eigenvalue weighted by Gasteiger charge is 2.44. The largest absolute Gasteiger partial charge is 0.435 e. The number of sulfone groups is 2. The Balaban J connectivity index is 0.000000244. The Morgan fingerprint density at radius 3 is 2.26 bits per heavy atom. The molecular formula is C32H37ClF5N3O11S2. The summed E-state index contributed by atoms with van der Waals surface area (Å²) >= 11 is 6.41. The van der Waals surface area contributed by atoms with Gasteiger partial charge in [0.15, 0.2) is 47.8 Å². The number of alkyl halides is 5. The van der Waals surface area contributed by atoms with Gasteiger partial charge in [0.2, 0.25) is 5.88 Å². The molecule has 1 aromatic carbocycles. The summed E-state index contributed by atoms with van der Waals surface area (Å²) in [4.78, 5) is 42.0. The Kier molecular flexibility index (Phi) is 13.3. The number of aromatic nitrogens is 2. The van der Waals surface area contributed by atoms with Crippen molar-refractivity contribution in [1.82, 2.24) is 9.78 Å². The number of carbonyl (C=O) groups is 3. The fourth-order valence-corrected chi connectivity index (χ4v) is 8.70. The summed E-state index contributed by atoms with van der Waals surface area (Å²) in [5.41, 5.74) is -3.46. The molecule has 22 heteroatoms. The summed E-state index contributed by atoms with van der Waals surface area (Å²) < 4.78 is 129. The minimum Gasteiger partial charge on any atom is -0.417 e. The number of rotatable bonds is 11. The van der Waals surface area contributed by atoms with Gasteiger partial charge in [0.25, 0.3) is 0 Å². The number of ether oxygens (including phenoxy) is 3. The summed E-state index contributed by atoms with van der Waals surface area (Å²) in [6, 6.07) is 2.54. The molecule has 0 spiro atoms. The number of nitrogens with zero attached hydrogens (tertiary/aromatic N) is 3. The van der Waals surface area contributed by atoms with E-state index in [1.807, 2.05) is 0 Å². The molecule has 2 aromatic rings. The summed E-state index contributed by atoms with van der Waals surface area (Å²) in [6.45, 7) is 0.428. The number of carbonyl (C=O) groups excluding carboxylic acids is 3. The highest BCUT2D eigenvalue weighted by atomic mass is 35.5. The fraction of sp³-hybridized carbons (Fsp3) is 0.594. The van der Waals surface area contributed by atoms with Gasteiger partial charge >= 0.3 is 12.8 Å². The van der Waals surface area contributed by atoms with Crippen LogP contribution in [0.2, 0.25) is 5.02 Å². The maximum atomic E-state index is 13.1. The van der Waals surface area contributed by atoms with Crippen molar-refractivity contribution in [3.8, 4) is 5.88 Å². The van der Waals surface area contributed by atoms with Gasteiger partial charge in [-0.3, -0.25) is 14.4 Å². The van der Waals surface area contributed by atoms with Crippen LogP contribution in [0.4, 0.5) is 22.0 Å². The van der Waals surface area contributed by atoms with Gasteiger partial charge in [0.05, 0.1) is 40.6 Å². The van der Waals surface area contributed by atoms with Crippen molar-refractivity contribution < 1.29 is 72.2 Å². The van der Waals surface area contributed by atoms with E-state index in [0.29, 0.717) is 17.7 Å². The summed E-state index contributed by atoms with van der Waals surface area (Å²) in [5, 5.41) is 5.87. The average molecular weight is 834 g/mol. The molecule has 5 rings (SSSR count). The summed E-state index contributed by atoms with van der Waals surface area (Å²) in [5.74, 6) is -5.15. The fourth-order valence-electron chi connectivity index (χ4n) is 5.88. The van der Waals surface area contributed by atoms with E-state index in [0.717, 1.165) is 26.1 Å². The second-order valence-electron chi connectivity index (χ2n) is 13.3. The third kappa shape index (κ3) is 10.4. The van der Waals surface area contributed by atoms with Crippen molar-refractivity contribution >= 4 is 53.7 Å². The second-order valence-corrected chi connectivity index (χ2v) is 17.7. The van der Waals surface area contributed by atoms with Gasteiger partial charge in [-0.1, -0.05) is 16.8 Å². The molecule has 1 saturated heterocycles. The van der Waals surface area contributed by atoms with E-state index in [4.69, 9.17) is 25.9 Å². The van der Waals surface area contributed by atoms with Gasteiger partial charge in [-0.15, -0.1) is 0 Å². The summed E-state index contributed by atoms with van der Waals surface area (Å²) in [7, 11) is -7.07. The normalized spacial score (nSPS) is 19.4. The Morgan fingerprint density at radius 1 is 1.09 bits per heavy atom. The zero-order chi connectivity index (χ0) is 40.4. The molecule has 0 bridgehead atoms. The molecular weight excluding hydrogens is 797 g/mol. The van der Waals surface area contributed by atoms with E-state index in [9.17, 15) is 53.2 Å². The van der Waals surface area contributed by atoms with Crippen LogP contribution in [0.15, 0.2) is 22.2 Å². The highest BCUT2D eigenvalue weighted by molar-refractivity contribution is 8.05. The molecule has 2 aliphatic heterocycles. The van der Waals surface area contributed by atoms with Crippen molar-refractivity contribution in [3.63, 3.8) is 0 Å². The first-order chi connectivity index (χ1) is 24.9. The van der Waals surface area contributed by atoms with Crippen LogP contribution in [0.3, 0.4) is 0 Å². The van der Waals surface area contributed by atoms with Crippen molar-refractivity contribution in [2.75, 3.05) is 19.5 Å². The predicted octanol–water partition coefficient (Wildman–Crippen LogP) is 5.03. The van der Waals surface area contributed by atoms with Crippen LogP contribution < -0.4 is 4.74 Å². The van der Waals surface area contributed by atoms with E-state index >= 15 is 0 Å². The van der Waals surface area contributed by atoms with E-state index in [1.54, 1.807) is 0 Å². The minimum atomic E-state index is -5.06. The van der Waals surface area contributed by atoms with E-state index in [1.165, 1.54) is 26.0 Å². The molecule has 3 aliphatic rings. The first kappa shape index (κ1) is 43.2. The number of aryl methyl sites for hydroxylation is 1. The number of halogens is 6. The SMILES string of the molecule is CS(=O)(=O)c1ccc(C(=O)C2C(=O)CCCC2=O)c(Cl)c1COCC1CCCO1.Cn1nc(C(F)(F)F)c(CS(=O)(=O)C2=NOC(C)(C)C2)c1OC(F)F. The van der Waals surface area contributed by atoms with E-state index in [-0.39, 0.29) is 59.6 Å². The van der Waals surface area contributed by atoms with Crippen LogP contribution in [0.5, 0.6) is 5.88 Å². The third-order valence-corrected chi connectivity index (χ3v) is 11.6. The topological polar surface area (TPSA) is 187 Å². The van der Waals surface area contributed by atoms with Gasteiger partial charge in [0.1, 0.15) is 11.5 Å². The van der Waals surface area contributed by atoms with Crippen molar-refractivity contribution in [2.24, 2.45) is 18.1 Å². The number of hydrogen-bond acceptors (Lipinski definition) is 13. The minimum absolute atomic E-state index is 0.0385. The number of oxime groups is 1. The lowest BCUT2D eigenvalue weighted by atomic mass is 9.81. The molecule has 2 fully saturated rings. The van der Waals surface area contributed by atoms with Crippen LogP contribution in [-0.4, -0.2) is 86.8 Å². The van der Waals surface area contributed by atoms with E-state index in [2.05, 4.69) is 15.0 Å². The van der Waals surface area contributed by atoms with E-state index < -0.39 is 89.3 Å². The molecule has 300 valence electrons. The Labute approximate surface area is 312 Å². The molecule has 1 aromatic heterocycles. The van der Waals surface area contributed by atoms with Gasteiger partial charge in [-0.2, -0.15) is 27.1 Å². The first-order valence-electron chi connectivity index (χ1n) is 16.3. The van der Waals surface area contributed by atoms with Gasteiger partial charge in [0, 0.05) is 50.3 Å². The van der Waals surface area contributed by atoms with Crippen LogP contribution in [0, 0.1) is 5.92 Å². The molecule has 0 N–H and O–H groups in total. The smallest absolute Gasteiger partial charge is 0.417 e. The maximum absolute atomic E-state index is 13.1. The quantitative estimate of drug-likeness (QED) is 0.167. The maximum Gasteiger partial charge on any atom is 0.435 e. The number of hydrogen-bond donors (Lipinski definition) is 0. The zero-order valence-corrected chi connectivity index (χ0v) is 31.8. The number of Topliss-reactive ketones (excluding diaryl/α,β-unsaturated/α-hetero) is 3. The van der Waals surface area contributed by atoms with Gasteiger partial charge in [-0.25, -0.2) is 21.5 Å². The number of ketones is 3. The van der Waals surface area contributed by atoms with Gasteiger partial charge in [-0.05, 0) is 45.2 Å². The zero-order valence-electron chi connectivity index (χ0n) is 29.4. The lowest BCUT2D eigenvalue weighted by Gasteiger charge is -2.20. The predicted molar refractivity (Wildman–Crippen MR) is 180 cm³/mol. The molecule has 1 atom stereocenters. The lowest BCUT2D eigenvalue weighted by Crippen LogP contribution is -2.35. The third-order valence-electron chi connectivity index (χ3n) is 8.41. The molecule has 0 radical (unpaired) electrons. The van der Waals surface area contributed by atoms with Gasteiger partial charge < -0.3 is 19.0 Å². The molecule has 3 heterocycles. The van der Waals surface area contributed by atoms with Crippen LogP contribution >= 0.6 is 11.6 Å². The Morgan fingerprint density at radius 2 is 1.74 bits per heavy atom. The molecule has 1 unspecified atom stereocenters. The van der Waals surface area contributed by atoms with Crippen LogP contribution in [-0.2, 0) is 69.2 Å². The number of benzene rings is 1. The first-order valence-corrected chi connectivity index (χ1v) is 20.2. The molecule has 54 heavy (non-hydrogen) atoms. The molecule has 14 nitrogen and oxygen atoms in total. The molecule has 1 saturated carbocycles. The molecule has 1 aliphatic carbocycles. The highest BCUT2D eigenvalue weighted by Crippen LogP contribution is 2.38. The summed E-state index contributed by atoms with van der Waals surface area (Å²) in [6.07, 6.45) is -1.67. The average Bonchev–Trinajstić information content (AvgIpc) is 3.77. The van der Waals surface area contributed by atoms with Crippen molar-refractivity contribution in [2.45, 2.75) is 94.1 Å². The monoisotopic (exact) mass is 833 g/mol.